The minimum atomic E-state index is -1.06. The topological polar surface area (TPSA) is 108 Å². The van der Waals surface area contributed by atoms with Crippen LogP contribution in [0.25, 0.3) is 11.1 Å². The summed E-state index contributed by atoms with van der Waals surface area (Å²) in [5.74, 6) is 1.04. The molecule has 1 saturated carbocycles. The third kappa shape index (κ3) is 4.09. The molecule has 0 radical (unpaired) electrons. The molecule has 0 bridgehead atoms. The molecule has 28 heavy (non-hydrogen) atoms. The molecule has 7 heteroatoms. The Morgan fingerprint density at radius 3 is 2.68 bits per heavy atom. The number of rotatable bonds is 6. The van der Waals surface area contributed by atoms with E-state index in [-0.39, 0.29) is 6.10 Å². The highest BCUT2D eigenvalue weighted by Crippen LogP contribution is 2.38. The SMILES string of the molecule is N#Cc1cc(-c2ccnc(NC(O)C3(O)CC3)c2)ccc1OC1CCOCC1. The summed E-state index contributed by atoms with van der Waals surface area (Å²) < 4.78 is 11.3. The number of ether oxygens (including phenoxy) is 2. The molecule has 1 aromatic carbocycles. The third-order valence-corrected chi connectivity index (χ3v) is 5.21. The molecule has 1 atom stereocenters. The van der Waals surface area contributed by atoms with Gasteiger partial charge in [-0.25, -0.2) is 4.98 Å². The number of aromatic nitrogens is 1. The van der Waals surface area contributed by atoms with E-state index in [9.17, 15) is 15.5 Å². The highest BCUT2D eigenvalue weighted by atomic mass is 16.5. The summed E-state index contributed by atoms with van der Waals surface area (Å²) in [7, 11) is 0. The van der Waals surface area contributed by atoms with Gasteiger partial charge >= 0.3 is 0 Å². The summed E-state index contributed by atoms with van der Waals surface area (Å²) in [6.45, 7) is 1.36. The maximum atomic E-state index is 10.1. The van der Waals surface area contributed by atoms with Gasteiger partial charge < -0.3 is 25.0 Å². The number of hydrogen-bond acceptors (Lipinski definition) is 7. The molecule has 1 aliphatic heterocycles. The highest BCUT2D eigenvalue weighted by molar-refractivity contribution is 5.69. The fourth-order valence-electron chi connectivity index (χ4n) is 3.24. The van der Waals surface area contributed by atoms with Crippen LogP contribution in [0, 0.1) is 11.3 Å². The average molecular weight is 381 g/mol. The Kier molecular flexibility index (Phi) is 5.18. The molecule has 2 aliphatic rings. The smallest absolute Gasteiger partial charge is 0.154 e. The summed E-state index contributed by atoms with van der Waals surface area (Å²) in [5.41, 5.74) is 1.11. The molecule has 0 spiro atoms. The Bertz CT molecular complexity index is 885. The van der Waals surface area contributed by atoms with Crippen molar-refractivity contribution < 1.29 is 19.7 Å². The van der Waals surface area contributed by atoms with Gasteiger partial charge in [0, 0.05) is 19.0 Å². The van der Waals surface area contributed by atoms with Gasteiger partial charge in [-0.3, -0.25) is 0 Å². The number of anilines is 1. The number of nitrogens with zero attached hydrogens (tertiary/aromatic N) is 2. The summed E-state index contributed by atoms with van der Waals surface area (Å²) >= 11 is 0. The number of hydrogen-bond donors (Lipinski definition) is 3. The predicted molar refractivity (Wildman–Crippen MR) is 103 cm³/mol. The van der Waals surface area contributed by atoms with Crippen LogP contribution in [-0.2, 0) is 4.74 Å². The second-order valence-electron chi connectivity index (χ2n) is 7.33. The van der Waals surface area contributed by atoms with Crippen LogP contribution in [0.2, 0.25) is 0 Å². The molecule has 2 heterocycles. The Labute approximate surface area is 163 Å². The van der Waals surface area contributed by atoms with Crippen LogP contribution in [-0.4, -0.2) is 46.3 Å². The lowest BCUT2D eigenvalue weighted by Gasteiger charge is -2.24. The van der Waals surface area contributed by atoms with Crippen LogP contribution in [0.1, 0.15) is 31.2 Å². The Morgan fingerprint density at radius 2 is 1.96 bits per heavy atom. The van der Waals surface area contributed by atoms with Gasteiger partial charge in [-0.2, -0.15) is 5.26 Å². The van der Waals surface area contributed by atoms with Crippen molar-refractivity contribution in [2.24, 2.45) is 0 Å². The van der Waals surface area contributed by atoms with Crippen molar-refractivity contribution in [3.05, 3.63) is 42.1 Å². The molecule has 1 unspecified atom stereocenters. The molecule has 2 aromatic rings. The van der Waals surface area contributed by atoms with E-state index in [0.29, 0.717) is 43.2 Å². The first-order chi connectivity index (χ1) is 13.6. The van der Waals surface area contributed by atoms with E-state index in [1.807, 2.05) is 18.2 Å². The summed E-state index contributed by atoms with van der Waals surface area (Å²) in [6.07, 6.45) is 3.42. The summed E-state index contributed by atoms with van der Waals surface area (Å²) in [6, 6.07) is 11.3. The molecule has 2 fully saturated rings. The Morgan fingerprint density at radius 1 is 1.21 bits per heavy atom. The molecule has 146 valence electrons. The molecule has 3 N–H and O–H groups in total. The second kappa shape index (κ2) is 7.76. The largest absolute Gasteiger partial charge is 0.489 e. The van der Waals surface area contributed by atoms with Crippen LogP contribution in [0.15, 0.2) is 36.5 Å². The standard InChI is InChI=1S/C21H23N3O4/c22-13-16-11-14(1-2-18(16)28-17-4-9-27-10-5-17)15-3-8-23-19(12-15)24-20(25)21(26)6-7-21/h1-3,8,11-12,17,20,25-26H,4-7,9-10H2,(H,23,24). The minimum Gasteiger partial charge on any atom is -0.489 e. The van der Waals surface area contributed by atoms with Crippen molar-refractivity contribution in [2.75, 3.05) is 18.5 Å². The van der Waals surface area contributed by atoms with Crippen LogP contribution >= 0.6 is 0 Å². The molecule has 7 nitrogen and oxygen atoms in total. The highest BCUT2D eigenvalue weighted by Gasteiger charge is 2.47. The fraction of sp³-hybridized carbons (Fsp3) is 0.429. The normalized spacial score (nSPS) is 19.5. The quantitative estimate of drug-likeness (QED) is 0.660. The van der Waals surface area contributed by atoms with Gasteiger partial charge in [-0.1, -0.05) is 6.07 Å². The molecule has 4 rings (SSSR count). The first kappa shape index (κ1) is 18.7. The number of aliphatic hydroxyl groups is 2. The van der Waals surface area contributed by atoms with E-state index < -0.39 is 11.8 Å². The van der Waals surface area contributed by atoms with Crippen LogP contribution < -0.4 is 10.1 Å². The number of pyridine rings is 1. The molecular weight excluding hydrogens is 358 g/mol. The zero-order valence-electron chi connectivity index (χ0n) is 15.5. The number of nitriles is 1. The maximum absolute atomic E-state index is 10.1. The van der Waals surface area contributed by atoms with E-state index in [1.54, 1.807) is 18.3 Å². The van der Waals surface area contributed by atoms with Crippen LogP contribution in [0.5, 0.6) is 5.75 Å². The van der Waals surface area contributed by atoms with Gasteiger partial charge in [0.2, 0.25) is 0 Å². The van der Waals surface area contributed by atoms with E-state index in [1.165, 1.54) is 0 Å². The van der Waals surface area contributed by atoms with Gasteiger partial charge in [-0.15, -0.1) is 0 Å². The third-order valence-electron chi connectivity index (χ3n) is 5.21. The van der Waals surface area contributed by atoms with Crippen LogP contribution in [0.4, 0.5) is 5.82 Å². The van der Waals surface area contributed by atoms with Crippen molar-refractivity contribution in [3.8, 4) is 22.9 Å². The Hall–Kier alpha value is -2.66. The molecular formula is C21H23N3O4. The van der Waals surface area contributed by atoms with Crippen molar-refractivity contribution in [1.82, 2.24) is 4.98 Å². The predicted octanol–water partition coefficient (Wildman–Crippen LogP) is 2.43. The van der Waals surface area contributed by atoms with Gasteiger partial charge in [-0.05, 0) is 48.2 Å². The zero-order valence-corrected chi connectivity index (χ0v) is 15.5. The second-order valence-corrected chi connectivity index (χ2v) is 7.33. The van der Waals surface area contributed by atoms with E-state index >= 15 is 0 Å². The van der Waals surface area contributed by atoms with Gasteiger partial charge in [0.1, 0.15) is 29.3 Å². The van der Waals surface area contributed by atoms with Crippen molar-refractivity contribution >= 4 is 5.82 Å². The first-order valence-corrected chi connectivity index (χ1v) is 9.49. The maximum Gasteiger partial charge on any atom is 0.154 e. The lowest BCUT2D eigenvalue weighted by molar-refractivity contribution is 0.0166. The van der Waals surface area contributed by atoms with E-state index in [0.717, 1.165) is 24.0 Å². The van der Waals surface area contributed by atoms with Gasteiger partial charge in [0.25, 0.3) is 0 Å². The number of benzene rings is 1. The monoisotopic (exact) mass is 381 g/mol. The van der Waals surface area contributed by atoms with E-state index in [2.05, 4.69) is 16.4 Å². The van der Waals surface area contributed by atoms with E-state index in [4.69, 9.17) is 9.47 Å². The number of nitrogens with one attached hydrogen (secondary N) is 1. The molecule has 0 amide bonds. The minimum absolute atomic E-state index is 0.0677. The van der Waals surface area contributed by atoms with Crippen molar-refractivity contribution in [3.63, 3.8) is 0 Å². The first-order valence-electron chi connectivity index (χ1n) is 9.49. The summed E-state index contributed by atoms with van der Waals surface area (Å²) in [5, 5.41) is 32.4. The lowest BCUT2D eigenvalue weighted by atomic mass is 10.0. The van der Waals surface area contributed by atoms with Crippen molar-refractivity contribution in [2.45, 2.75) is 43.6 Å². The van der Waals surface area contributed by atoms with Crippen LogP contribution in [0.3, 0.4) is 0 Å². The fourth-order valence-corrected chi connectivity index (χ4v) is 3.24. The Balaban J connectivity index is 1.52. The van der Waals surface area contributed by atoms with Gasteiger partial charge in [0.15, 0.2) is 6.23 Å². The molecule has 1 aliphatic carbocycles. The van der Waals surface area contributed by atoms with Gasteiger partial charge in [0.05, 0.1) is 18.8 Å². The lowest BCUT2D eigenvalue weighted by Crippen LogP contribution is -2.35. The number of aliphatic hydroxyl groups excluding tert-OH is 1. The zero-order chi connectivity index (χ0) is 19.6. The molecule has 1 aromatic heterocycles. The summed E-state index contributed by atoms with van der Waals surface area (Å²) in [4.78, 5) is 4.20. The average Bonchev–Trinajstić information content (AvgIpc) is 3.48. The molecule has 1 saturated heterocycles. The van der Waals surface area contributed by atoms with Crippen molar-refractivity contribution in [1.29, 1.82) is 5.26 Å².